The molecule has 1 saturated heterocycles. The third-order valence-electron chi connectivity index (χ3n) is 4.91. The van der Waals surface area contributed by atoms with Crippen LogP contribution in [-0.4, -0.2) is 58.2 Å². The van der Waals surface area contributed by atoms with Crippen LogP contribution in [0.2, 0.25) is 0 Å². The van der Waals surface area contributed by atoms with Gasteiger partial charge in [0, 0.05) is 38.2 Å². The number of carbonyl (C=O) groups is 1. The van der Waals surface area contributed by atoms with Crippen molar-refractivity contribution in [1.29, 1.82) is 0 Å². The second-order valence-electron chi connectivity index (χ2n) is 6.66. The number of benzene rings is 1. The topological polar surface area (TPSA) is 72.3 Å². The minimum absolute atomic E-state index is 0.118. The second-order valence-corrected chi connectivity index (χ2v) is 6.66. The molecule has 3 aromatic rings. The average Bonchev–Trinajstić information content (AvgIpc) is 3.30. The predicted molar refractivity (Wildman–Crippen MR) is 105 cm³/mol. The Hall–Kier alpha value is -3.03. The van der Waals surface area contributed by atoms with E-state index in [2.05, 4.69) is 32.3 Å². The van der Waals surface area contributed by atoms with Gasteiger partial charge < -0.3 is 10.1 Å². The van der Waals surface area contributed by atoms with Gasteiger partial charge in [-0.1, -0.05) is 30.3 Å². The predicted octanol–water partition coefficient (Wildman–Crippen LogP) is 2.07. The van der Waals surface area contributed by atoms with E-state index in [0.29, 0.717) is 12.1 Å². The van der Waals surface area contributed by atoms with Crippen LogP contribution < -0.4 is 5.32 Å². The SMILES string of the molecule is O=C(NCC(c1ccccc1)N1CCOCC1)c1ccc(-n2ccnc2)nc1. The Labute approximate surface area is 164 Å². The zero-order valence-corrected chi connectivity index (χ0v) is 15.6. The van der Waals surface area contributed by atoms with Crippen LogP contribution in [0.3, 0.4) is 0 Å². The van der Waals surface area contributed by atoms with Gasteiger partial charge >= 0.3 is 0 Å². The first-order valence-corrected chi connectivity index (χ1v) is 9.40. The van der Waals surface area contributed by atoms with Gasteiger partial charge in [-0.3, -0.25) is 14.3 Å². The van der Waals surface area contributed by atoms with Crippen LogP contribution in [0, 0.1) is 0 Å². The highest BCUT2D eigenvalue weighted by atomic mass is 16.5. The number of hydrogen-bond acceptors (Lipinski definition) is 5. The molecule has 3 heterocycles. The fourth-order valence-electron chi connectivity index (χ4n) is 3.38. The van der Waals surface area contributed by atoms with E-state index in [1.807, 2.05) is 30.5 Å². The molecule has 1 atom stereocenters. The van der Waals surface area contributed by atoms with Crippen LogP contribution in [0.4, 0.5) is 0 Å². The van der Waals surface area contributed by atoms with E-state index in [-0.39, 0.29) is 11.9 Å². The Balaban J connectivity index is 1.43. The van der Waals surface area contributed by atoms with Crippen molar-refractivity contribution in [2.45, 2.75) is 6.04 Å². The number of amides is 1. The van der Waals surface area contributed by atoms with Gasteiger partial charge in [0.2, 0.25) is 0 Å². The molecule has 1 aliphatic heterocycles. The lowest BCUT2D eigenvalue weighted by atomic mass is 10.0. The molecule has 1 amide bonds. The molecule has 0 saturated carbocycles. The van der Waals surface area contributed by atoms with Gasteiger partial charge in [0.05, 0.1) is 24.8 Å². The maximum atomic E-state index is 12.6. The summed E-state index contributed by atoms with van der Waals surface area (Å²) in [5, 5.41) is 3.07. The van der Waals surface area contributed by atoms with Crippen molar-refractivity contribution in [3.63, 3.8) is 0 Å². The van der Waals surface area contributed by atoms with Gasteiger partial charge in [-0.05, 0) is 17.7 Å². The number of imidazole rings is 1. The monoisotopic (exact) mass is 377 g/mol. The van der Waals surface area contributed by atoms with Crippen molar-refractivity contribution in [2.24, 2.45) is 0 Å². The highest BCUT2D eigenvalue weighted by Crippen LogP contribution is 2.21. The molecule has 1 aliphatic rings. The molecular weight excluding hydrogens is 354 g/mol. The summed E-state index contributed by atoms with van der Waals surface area (Å²) in [6.07, 6.45) is 6.78. The molecule has 7 heteroatoms. The lowest BCUT2D eigenvalue weighted by Crippen LogP contribution is -2.43. The Morgan fingerprint density at radius 3 is 2.64 bits per heavy atom. The first-order valence-electron chi connectivity index (χ1n) is 9.40. The summed E-state index contributed by atoms with van der Waals surface area (Å²) in [6.45, 7) is 3.69. The third kappa shape index (κ3) is 4.27. The fourth-order valence-corrected chi connectivity index (χ4v) is 3.38. The van der Waals surface area contributed by atoms with Crippen LogP contribution in [0.5, 0.6) is 0 Å². The summed E-state index contributed by atoms with van der Waals surface area (Å²) in [4.78, 5) is 23.4. The highest BCUT2D eigenvalue weighted by Gasteiger charge is 2.23. The minimum atomic E-state index is -0.126. The maximum Gasteiger partial charge on any atom is 0.252 e. The average molecular weight is 377 g/mol. The smallest absolute Gasteiger partial charge is 0.252 e. The van der Waals surface area contributed by atoms with E-state index >= 15 is 0 Å². The Morgan fingerprint density at radius 2 is 1.96 bits per heavy atom. The molecule has 0 radical (unpaired) electrons. The number of ether oxygens (including phenoxy) is 1. The first-order chi connectivity index (χ1) is 13.8. The highest BCUT2D eigenvalue weighted by molar-refractivity contribution is 5.93. The van der Waals surface area contributed by atoms with Crippen molar-refractivity contribution in [3.05, 3.63) is 78.5 Å². The van der Waals surface area contributed by atoms with Crippen molar-refractivity contribution in [1.82, 2.24) is 24.8 Å². The first kappa shape index (κ1) is 18.3. The number of nitrogens with one attached hydrogen (secondary N) is 1. The number of hydrogen-bond donors (Lipinski definition) is 1. The van der Waals surface area contributed by atoms with Crippen LogP contribution >= 0.6 is 0 Å². The molecule has 2 aromatic heterocycles. The van der Waals surface area contributed by atoms with Crippen LogP contribution in [0.15, 0.2) is 67.4 Å². The number of rotatable bonds is 6. The molecule has 4 rings (SSSR count). The summed E-state index contributed by atoms with van der Waals surface area (Å²) in [6, 6.07) is 14.0. The molecule has 1 N–H and O–H groups in total. The number of pyridine rings is 1. The Bertz CT molecular complexity index is 875. The molecule has 7 nitrogen and oxygen atoms in total. The molecule has 0 bridgehead atoms. The third-order valence-corrected chi connectivity index (χ3v) is 4.91. The minimum Gasteiger partial charge on any atom is -0.379 e. The number of carbonyl (C=O) groups excluding carboxylic acids is 1. The van der Waals surface area contributed by atoms with E-state index in [9.17, 15) is 4.79 Å². The van der Waals surface area contributed by atoms with Gasteiger partial charge in [-0.15, -0.1) is 0 Å². The van der Waals surface area contributed by atoms with E-state index < -0.39 is 0 Å². The summed E-state index contributed by atoms with van der Waals surface area (Å²) >= 11 is 0. The van der Waals surface area contributed by atoms with E-state index in [1.165, 1.54) is 5.56 Å². The van der Waals surface area contributed by atoms with Crippen molar-refractivity contribution >= 4 is 5.91 Å². The molecule has 1 aromatic carbocycles. The lowest BCUT2D eigenvalue weighted by Gasteiger charge is -2.34. The van der Waals surface area contributed by atoms with Crippen LogP contribution in [0.1, 0.15) is 22.0 Å². The number of aromatic nitrogens is 3. The van der Waals surface area contributed by atoms with E-state index in [1.54, 1.807) is 29.4 Å². The molecule has 0 spiro atoms. The molecule has 1 unspecified atom stereocenters. The van der Waals surface area contributed by atoms with Crippen molar-refractivity contribution in [2.75, 3.05) is 32.8 Å². The number of nitrogens with zero attached hydrogens (tertiary/aromatic N) is 4. The Morgan fingerprint density at radius 1 is 1.14 bits per heavy atom. The molecule has 0 aliphatic carbocycles. The molecule has 1 fully saturated rings. The quantitative estimate of drug-likeness (QED) is 0.712. The van der Waals surface area contributed by atoms with Gasteiger partial charge in [0.25, 0.3) is 5.91 Å². The van der Waals surface area contributed by atoms with Crippen LogP contribution in [-0.2, 0) is 4.74 Å². The molecular formula is C21H23N5O2. The summed E-state index contributed by atoms with van der Waals surface area (Å²) in [5.41, 5.74) is 1.73. The number of morpholine rings is 1. The van der Waals surface area contributed by atoms with Crippen LogP contribution in [0.25, 0.3) is 5.82 Å². The standard InChI is InChI=1S/C21H23N5O2/c27-21(18-6-7-20(23-14-18)26-9-8-22-16-26)24-15-19(17-4-2-1-3-5-17)25-10-12-28-13-11-25/h1-9,14,16,19H,10-13,15H2,(H,24,27). The van der Waals surface area contributed by atoms with Gasteiger partial charge in [0.15, 0.2) is 0 Å². The van der Waals surface area contributed by atoms with Crippen molar-refractivity contribution < 1.29 is 9.53 Å². The molecule has 144 valence electrons. The maximum absolute atomic E-state index is 12.6. The van der Waals surface area contributed by atoms with Crippen molar-refractivity contribution in [3.8, 4) is 5.82 Å². The zero-order valence-electron chi connectivity index (χ0n) is 15.6. The summed E-state index contributed by atoms with van der Waals surface area (Å²) in [5.74, 6) is 0.600. The van der Waals surface area contributed by atoms with E-state index in [0.717, 1.165) is 32.1 Å². The fraction of sp³-hybridized carbons (Fsp3) is 0.286. The van der Waals surface area contributed by atoms with E-state index in [4.69, 9.17) is 4.74 Å². The van der Waals surface area contributed by atoms with Gasteiger partial charge in [0.1, 0.15) is 12.1 Å². The lowest BCUT2D eigenvalue weighted by molar-refractivity contribution is 0.0162. The second kappa shape index (κ2) is 8.77. The summed E-state index contributed by atoms with van der Waals surface area (Å²) < 4.78 is 7.28. The normalized spacial score (nSPS) is 15.9. The molecule has 28 heavy (non-hydrogen) atoms. The van der Waals surface area contributed by atoms with Gasteiger partial charge in [-0.2, -0.15) is 0 Å². The van der Waals surface area contributed by atoms with Gasteiger partial charge in [-0.25, -0.2) is 9.97 Å². The zero-order chi connectivity index (χ0) is 19.2. The summed E-state index contributed by atoms with van der Waals surface area (Å²) in [7, 11) is 0. The largest absolute Gasteiger partial charge is 0.379 e. The Kier molecular flexibility index (Phi) is 5.75.